The summed E-state index contributed by atoms with van der Waals surface area (Å²) in [5, 5.41) is 15.2. The highest BCUT2D eigenvalue weighted by Gasteiger charge is 2.12. The summed E-state index contributed by atoms with van der Waals surface area (Å²) < 4.78 is 0. The molecule has 0 aliphatic carbocycles. The highest BCUT2D eigenvalue weighted by Crippen LogP contribution is 2.39. The van der Waals surface area contributed by atoms with E-state index in [1.54, 1.807) is 0 Å². The van der Waals surface area contributed by atoms with Gasteiger partial charge < -0.3 is 0 Å². The molecule has 0 bridgehead atoms. The first-order valence-corrected chi connectivity index (χ1v) is 12.9. The quantitative estimate of drug-likeness (QED) is 0.238. The Morgan fingerprint density at radius 3 is 2.03 bits per heavy atom. The van der Waals surface area contributed by atoms with Crippen LogP contribution in [0.15, 0.2) is 134 Å². The van der Waals surface area contributed by atoms with Gasteiger partial charge in [0, 0.05) is 11.6 Å². The van der Waals surface area contributed by atoms with E-state index in [-0.39, 0.29) is 0 Å². The van der Waals surface area contributed by atoms with Gasteiger partial charge in [0.2, 0.25) is 0 Å². The van der Waals surface area contributed by atoms with E-state index in [4.69, 9.17) is 5.26 Å². The predicted octanol–water partition coefficient (Wildman–Crippen LogP) is 9.14. The van der Waals surface area contributed by atoms with Gasteiger partial charge in [-0.05, 0) is 75.0 Å². The number of nitriles is 1. The standard InChI is InChI=1S/C27H17N.C9H8N2/c28-18-19-9-11-22(12-10-19)27-25-8-4-3-6-21(25)15-16-26(27)24-14-13-20-5-1-2-7-23(20)17-24;1-7-10-6-8-4-2-3-5-9(8)11-7/h1-17H;2-6H,1H3. The summed E-state index contributed by atoms with van der Waals surface area (Å²) in [6.07, 6.45) is 1.84. The molecule has 7 aromatic rings. The zero-order valence-electron chi connectivity index (χ0n) is 21.5. The van der Waals surface area contributed by atoms with Crippen molar-refractivity contribution in [3.05, 3.63) is 145 Å². The van der Waals surface area contributed by atoms with Crippen LogP contribution < -0.4 is 0 Å². The maximum absolute atomic E-state index is 9.15. The molecule has 0 spiro atoms. The van der Waals surface area contributed by atoms with E-state index in [0.717, 1.165) is 22.3 Å². The van der Waals surface area contributed by atoms with Gasteiger partial charge in [-0.15, -0.1) is 0 Å². The molecule has 39 heavy (non-hydrogen) atoms. The number of rotatable bonds is 2. The molecule has 1 aromatic heterocycles. The minimum atomic E-state index is 0.677. The van der Waals surface area contributed by atoms with E-state index >= 15 is 0 Å². The van der Waals surface area contributed by atoms with Crippen molar-refractivity contribution < 1.29 is 0 Å². The lowest BCUT2D eigenvalue weighted by Gasteiger charge is -2.15. The summed E-state index contributed by atoms with van der Waals surface area (Å²) in [7, 11) is 0. The first kappa shape index (κ1) is 24.0. The highest BCUT2D eigenvalue weighted by atomic mass is 14.9. The minimum absolute atomic E-state index is 0.677. The third-order valence-corrected chi connectivity index (χ3v) is 6.90. The normalized spacial score (nSPS) is 10.7. The molecule has 0 amide bonds. The molecule has 184 valence electrons. The van der Waals surface area contributed by atoms with E-state index in [0.29, 0.717) is 5.56 Å². The van der Waals surface area contributed by atoms with Gasteiger partial charge in [0.15, 0.2) is 0 Å². The molecule has 0 N–H and O–H groups in total. The molecule has 6 aromatic carbocycles. The second-order valence-electron chi connectivity index (χ2n) is 9.44. The zero-order valence-corrected chi connectivity index (χ0v) is 21.5. The molecule has 0 radical (unpaired) electrons. The Kier molecular flexibility index (Phi) is 6.52. The summed E-state index contributed by atoms with van der Waals surface area (Å²) in [6.45, 7) is 1.90. The van der Waals surface area contributed by atoms with Crippen molar-refractivity contribution in [3.8, 4) is 28.3 Å². The Bertz CT molecular complexity index is 1980. The van der Waals surface area contributed by atoms with Crippen LogP contribution >= 0.6 is 0 Å². The number of benzene rings is 6. The van der Waals surface area contributed by atoms with Gasteiger partial charge in [-0.25, -0.2) is 9.97 Å². The minimum Gasteiger partial charge on any atom is -0.241 e. The lowest BCUT2D eigenvalue weighted by Crippen LogP contribution is -1.89. The number of aryl methyl sites for hydroxylation is 1. The maximum Gasteiger partial charge on any atom is 0.125 e. The fourth-order valence-electron chi connectivity index (χ4n) is 4.96. The molecule has 3 heteroatoms. The second kappa shape index (κ2) is 10.6. The van der Waals surface area contributed by atoms with Crippen molar-refractivity contribution >= 4 is 32.4 Å². The monoisotopic (exact) mass is 499 g/mol. The molecule has 0 aliphatic heterocycles. The van der Waals surface area contributed by atoms with Gasteiger partial charge >= 0.3 is 0 Å². The van der Waals surface area contributed by atoms with E-state index in [1.807, 2.05) is 61.7 Å². The molecular weight excluding hydrogens is 474 g/mol. The van der Waals surface area contributed by atoms with Crippen LogP contribution in [0.4, 0.5) is 0 Å². The number of hydrogen-bond acceptors (Lipinski definition) is 3. The average molecular weight is 500 g/mol. The fourth-order valence-corrected chi connectivity index (χ4v) is 4.96. The first-order valence-electron chi connectivity index (χ1n) is 12.9. The zero-order chi connectivity index (χ0) is 26.6. The summed E-state index contributed by atoms with van der Waals surface area (Å²) >= 11 is 0. The van der Waals surface area contributed by atoms with Gasteiger partial charge in [-0.3, -0.25) is 0 Å². The SMILES string of the molecule is Cc1ncc2ccccc2n1.N#Cc1ccc(-c2c(-c3ccc4ccccc4c3)ccc3ccccc23)cc1. The van der Waals surface area contributed by atoms with Gasteiger partial charge in [0.1, 0.15) is 5.82 Å². The summed E-state index contributed by atoms with van der Waals surface area (Å²) in [5.74, 6) is 0.823. The Morgan fingerprint density at radius 2 is 1.23 bits per heavy atom. The third-order valence-electron chi connectivity index (χ3n) is 6.90. The van der Waals surface area contributed by atoms with Gasteiger partial charge in [0.05, 0.1) is 17.1 Å². The van der Waals surface area contributed by atoms with Gasteiger partial charge in [-0.2, -0.15) is 5.26 Å². The van der Waals surface area contributed by atoms with Crippen molar-refractivity contribution in [1.82, 2.24) is 9.97 Å². The molecule has 0 aliphatic rings. The van der Waals surface area contributed by atoms with Crippen molar-refractivity contribution in [2.45, 2.75) is 6.92 Å². The van der Waals surface area contributed by atoms with E-state index in [2.05, 4.69) is 94.9 Å². The molecule has 0 atom stereocenters. The van der Waals surface area contributed by atoms with Crippen LogP contribution in [-0.4, -0.2) is 9.97 Å². The fraction of sp³-hybridized carbons (Fsp3) is 0.0278. The molecule has 7 rings (SSSR count). The molecule has 0 unspecified atom stereocenters. The lowest BCUT2D eigenvalue weighted by atomic mass is 9.89. The molecular formula is C36H25N3. The van der Waals surface area contributed by atoms with Crippen LogP contribution in [0.3, 0.4) is 0 Å². The topological polar surface area (TPSA) is 49.6 Å². The van der Waals surface area contributed by atoms with Crippen molar-refractivity contribution in [2.24, 2.45) is 0 Å². The summed E-state index contributed by atoms with van der Waals surface area (Å²) in [5.41, 5.74) is 6.42. The van der Waals surface area contributed by atoms with Crippen molar-refractivity contribution in [3.63, 3.8) is 0 Å². The highest BCUT2D eigenvalue weighted by molar-refractivity contribution is 6.05. The van der Waals surface area contributed by atoms with Gasteiger partial charge in [0.25, 0.3) is 0 Å². The molecule has 0 saturated heterocycles. The van der Waals surface area contributed by atoms with Crippen molar-refractivity contribution in [1.29, 1.82) is 5.26 Å². The lowest BCUT2D eigenvalue weighted by molar-refractivity contribution is 1.09. The Morgan fingerprint density at radius 1 is 0.590 bits per heavy atom. The van der Waals surface area contributed by atoms with Crippen molar-refractivity contribution in [2.75, 3.05) is 0 Å². The molecule has 1 heterocycles. The largest absolute Gasteiger partial charge is 0.241 e. The first-order chi connectivity index (χ1) is 19.2. The summed E-state index contributed by atoms with van der Waals surface area (Å²) in [4.78, 5) is 8.36. The average Bonchev–Trinajstić information content (AvgIpc) is 3.00. The predicted molar refractivity (Wildman–Crippen MR) is 161 cm³/mol. The van der Waals surface area contributed by atoms with Gasteiger partial charge in [-0.1, -0.05) is 103 Å². The Hall–Kier alpha value is -5.33. The number of nitrogens with zero attached hydrogens (tertiary/aromatic N) is 3. The smallest absolute Gasteiger partial charge is 0.125 e. The molecule has 3 nitrogen and oxygen atoms in total. The number of fused-ring (bicyclic) bond motifs is 3. The van der Waals surface area contributed by atoms with E-state index in [9.17, 15) is 0 Å². The van der Waals surface area contributed by atoms with Crippen LogP contribution in [0.1, 0.15) is 11.4 Å². The van der Waals surface area contributed by atoms with Crippen LogP contribution in [0.5, 0.6) is 0 Å². The van der Waals surface area contributed by atoms with Crippen LogP contribution in [0.2, 0.25) is 0 Å². The number of hydrogen-bond donors (Lipinski definition) is 0. The van der Waals surface area contributed by atoms with E-state index < -0.39 is 0 Å². The molecule has 0 fully saturated rings. The van der Waals surface area contributed by atoms with Crippen LogP contribution in [0, 0.1) is 18.3 Å². The number of para-hydroxylation sites is 1. The second-order valence-corrected chi connectivity index (χ2v) is 9.44. The van der Waals surface area contributed by atoms with Crippen LogP contribution in [0.25, 0.3) is 54.7 Å². The molecule has 0 saturated carbocycles. The maximum atomic E-state index is 9.15. The summed E-state index contributed by atoms with van der Waals surface area (Å²) in [6, 6.07) is 46.0. The Balaban J connectivity index is 0.000000210. The van der Waals surface area contributed by atoms with E-state index in [1.165, 1.54) is 38.2 Å². The number of aromatic nitrogens is 2. The van der Waals surface area contributed by atoms with Crippen LogP contribution in [-0.2, 0) is 0 Å². The Labute approximate surface area is 227 Å². The third kappa shape index (κ3) is 4.97.